The van der Waals surface area contributed by atoms with Crippen LogP contribution in [0.2, 0.25) is 0 Å². The maximum absolute atomic E-state index is 14.1. The number of halogens is 3. The van der Waals surface area contributed by atoms with Crippen molar-refractivity contribution in [2.75, 3.05) is 24.5 Å². The van der Waals surface area contributed by atoms with Gasteiger partial charge in [0.25, 0.3) is 0 Å². The quantitative estimate of drug-likeness (QED) is 0.278. The second kappa shape index (κ2) is 11.2. The van der Waals surface area contributed by atoms with Gasteiger partial charge in [-0.15, -0.1) is 24.0 Å². The molecule has 3 aromatic rings. The molecule has 2 N–H and O–H groups in total. The van der Waals surface area contributed by atoms with Crippen LogP contribution in [0.25, 0.3) is 5.82 Å². The van der Waals surface area contributed by atoms with Gasteiger partial charge >= 0.3 is 0 Å². The van der Waals surface area contributed by atoms with Crippen molar-refractivity contribution in [1.29, 1.82) is 0 Å². The summed E-state index contributed by atoms with van der Waals surface area (Å²) in [4.78, 5) is 15.0. The third-order valence-electron chi connectivity index (χ3n) is 5.12. The molecule has 1 saturated heterocycles. The Labute approximate surface area is 203 Å². The Morgan fingerprint density at radius 2 is 2.09 bits per heavy atom. The summed E-state index contributed by atoms with van der Waals surface area (Å²) in [6.45, 7) is 4.54. The largest absolute Gasteiger partial charge is 0.367 e. The molecule has 1 unspecified atom stereocenters. The van der Waals surface area contributed by atoms with Gasteiger partial charge in [-0.25, -0.2) is 23.7 Å². The van der Waals surface area contributed by atoms with Gasteiger partial charge in [0.2, 0.25) is 0 Å². The van der Waals surface area contributed by atoms with Crippen LogP contribution in [-0.4, -0.2) is 46.2 Å². The van der Waals surface area contributed by atoms with Crippen LogP contribution in [0.4, 0.5) is 14.5 Å². The highest BCUT2D eigenvalue weighted by Gasteiger charge is 2.25. The first-order valence-electron chi connectivity index (χ1n) is 10.3. The Morgan fingerprint density at radius 3 is 2.84 bits per heavy atom. The fraction of sp³-hybridized carbons (Fsp3) is 0.318. The number of hydrogen-bond donors (Lipinski definition) is 2. The lowest BCUT2D eigenvalue weighted by atomic mass is 10.2. The van der Waals surface area contributed by atoms with Crippen molar-refractivity contribution in [3.63, 3.8) is 0 Å². The van der Waals surface area contributed by atoms with E-state index in [1.54, 1.807) is 18.7 Å². The minimum atomic E-state index is -0.566. The van der Waals surface area contributed by atoms with Gasteiger partial charge in [0, 0.05) is 50.3 Å². The summed E-state index contributed by atoms with van der Waals surface area (Å²) in [6, 6.07) is 7.73. The number of nitrogens with zero attached hydrogens (tertiary/aromatic N) is 5. The van der Waals surface area contributed by atoms with E-state index in [0.717, 1.165) is 30.4 Å². The average molecular weight is 553 g/mol. The minimum Gasteiger partial charge on any atom is -0.367 e. The van der Waals surface area contributed by atoms with Crippen molar-refractivity contribution in [3.05, 3.63) is 72.4 Å². The number of anilines is 1. The van der Waals surface area contributed by atoms with Crippen LogP contribution in [-0.2, 0) is 6.54 Å². The maximum Gasteiger partial charge on any atom is 0.191 e. The molecule has 32 heavy (non-hydrogen) atoms. The summed E-state index contributed by atoms with van der Waals surface area (Å²) < 4.78 is 29.1. The standard InChI is InChI=1S/C22H25F2N7.HI/c1-2-26-22(28-13-16-5-7-27-21(11-16)31-10-8-25-15-31)29-18-6-9-30(14-18)20-4-3-17(23)12-19(20)24;/h3-5,7-8,10-12,15,18H,2,6,9,13-14H2,1H3,(H2,26,28,29);1H. The van der Waals surface area contributed by atoms with E-state index in [0.29, 0.717) is 31.3 Å². The summed E-state index contributed by atoms with van der Waals surface area (Å²) in [7, 11) is 0. The topological polar surface area (TPSA) is 70.4 Å². The van der Waals surface area contributed by atoms with E-state index in [2.05, 4.69) is 20.6 Å². The van der Waals surface area contributed by atoms with Gasteiger partial charge in [-0.1, -0.05) is 0 Å². The van der Waals surface area contributed by atoms with Gasteiger partial charge in [0.1, 0.15) is 23.8 Å². The number of aromatic nitrogens is 3. The molecule has 1 atom stereocenters. The lowest BCUT2D eigenvalue weighted by Gasteiger charge is -2.21. The van der Waals surface area contributed by atoms with Crippen LogP contribution in [0.5, 0.6) is 0 Å². The first-order chi connectivity index (χ1) is 15.1. The predicted octanol–water partition coefficient (Wildman–Crippen LogP) is 3.50. The van der Waals surface area contributed by atoms with E-state index >= 15 is 0 Å². The van der Waals surface area contributed by atoms with Crippen LogP contribution in [0.3, 0.4) is 0 Å². The van der Waals surface area contributed by atoms with Crippen molar-refractivity contribution >= 4 is 35.6 Å². The Morgan fingerprint density at radius 1 is 1.22 bits per heavy atom. The molecule has 4 rings (SSSR count). The lowest BCUT2D eigenvalue weighted by molar-refractivity contribution is 0.580. The Bertz CT molecular complexity index is 1040. The highest BCUT2D eigenvalue weighted by Crippen LogP contribution is 2.24. The van der Waals surface area contributed by atoms with E-state index in [1.807, 2.05) is 34.7 Å². The number of aliphatic imine (C=N–C) groups is 1. The molecule has 1 aliphatic rings. The van der Waals surface area contributed by atoms with Crippen molar-refractivity contribution < 1.29 is 8.78 Å². The lowest BCUT2D eigenvalue weighted by Crippen LogP contribution is -2.44. The molecule has 1 fully saturated rings. The third-order valence-corrected chi connectivity index (χ3v) is 5.12. The average Bonchev–Trinajstić information content (AvgIpc) is 3.45. The van der Waals surface area contributed by atoms with E-state index in [-0.39, 0.29) is 30.0 Å². The number of rotatable bonds is 6. The van der Waals surface area contributed by atoms with Crippen molar-refractivity contribution in [2.24, 2.45) is 4.99 Å². The molecule has 7 nitrogen and oxygen atoms in total. The molecule has 1 aliphatic heterocycles. The van der Waals surface area contributed by atoms with Crippen LogP contribution >= 0.6 is 24.0 Å². The van der Waals surface area contributed by atoms with Gasteiger partial charge in [-0.2, -0.15) is 0 Å². The molecule has 3 heterocycles. The Balaban J connectivity index is 0.00000289. The smallest absolute Gasteiger partial charge is 0.191 e. The zero-order valence-electron chi connectivity index (χ0n) is 17.7. The summed E-state index contributed by atoms with van der Waals surface area (Å²) in [6.07, 6.45) is 7.85. The van der Waals surface area contributed by atoms with Gasteiger partial charge < -0.3 is 15.5 Å². The normalized spacial score (nSPS) is 16.0. The summed E-state index contributed by atoms with van der Waals surface area (Å²) >= 11 is 0. The highest BCUT2D eigenvalue weighted by molar-refractivity contribution is 14.0. The maximum atomic E-state index is 14.1. The van der Waals surface area contributed by atoms with Gasteiger partial charge in [-0.3, -0.25) is 4.57 Å². The molecule has 0 amide bonds. The molecule has 170 valence electrons. The van der Waals surface area contributed by atoms with Crippen LogP contribution in [0.1, 0.15) is 18.9 Å². The number of guanidine groups is 1. The number of hydrogen-bond acceptors (Lipinski definition) is 4. The van der Waals surface area contributed by atoms with Gasteiger partial charge in [0.05, 0.1) is 12.2 Å². The number of benzene rings is 1. The van der Waals surface area contributed by atoms with E-state index in [1.165, 1.54) is 12.1 Å². The summed E-state index contributed by atoms with van der Waals surface area (Å²) in [5.41, 5.74) is 1.45. The molecule has 0 saturated carbocycles. The monoisotopic (exact) mass is 553 g/mol. The number of imidazole rings is 1. The fourth-order valence-electron chi connectivity index (χ4n) is 3.61. The third kappa shape index (κ3) is 5.93. The molecule has 1 aromatic carbocycles. The second-order valence-electron chi connectivity index (χ2n) is 7.36. The van der Waals surface area contributed by atoms with Crippen LogP contribution in [0.15, 0.2) is 60.2 Å². The zero-order chi connectivity index (χ0) is 21.6. The first kappa shape index (κ1) is 23.9. The van der Waals surface area contributed by atoms with Crippen LogP contribution < -0.4 is 15.5 Å². The molecule has 2 aromatic heterocycles. The molecule has 0 radical (unpaired) electrons. The van der Waals surface area contributed by atoms with Gasteiger partial charge in [-0.05, 0) is 43.2 Å². The first-order valence-corrected chi connectivity index (χ1v) is 10.3. The zero-order valence-corrected chi connectivity index (χ0v) is 20.0. The highest BCUT2D eigenvalue weighted by atomic mass is 127. The Kier molecular flexibility index (Phi) is 8.37. The summed E-state index contributed by atoms with van der Waals surface area (Å²) in [5, 5.41) is 6.69. The van der Waals surface area contributed by atoms with E-state index in [4.69, 9.17) is 4.99 Å². The van der Waals surface area contributed by atoms with E-state index < -0.39 is 11.6 Å². The van der Waals surface area contributed by atoms with Gasteiger partial charge in [0.15, 0.2) is 5.96 Å². The van der Waals surface area contributed by atoms with Crippen molar-refractivity contribution in [1.82, 2.24) is 25.2 Å². The molecule has 0 aliphatic carbocycles. The van der Waals surface area contributed by atoms with Crippen molar-refractivity contribution in [2.45, 2.75) is 25.9 Å². The molecular formula is C22H26F2IN7. The fourth-order valence-corrected chi connectivity index (χ4v) is 3.61. The number of nitrogens with one attached hydrogen (secondary N) is 2. The molecule has 10 heteroatoms. The van der Waals surface area contributed by atoms with Crippen LogP contribution in [0, 0.1) is 11.6 Å². The predicted molar refractivity (Wildman–Crippen MR) is 132 cm³/mol. The van der Waals surface area contributed by atoms with E-state index in [9.17, 15) is 8.78 Å². The summed E-state index contributed by atoms with van der Waals surface area (Å²) in [5.74, 6) is 0.391. The second-order valence-corrected chi connectivity index (χ2v) is 7.36. The SMILES string of the molecule is CCNC(=NCc1ccnc(-n2ccnc2)c1)NC1CCN(c2ccc(F)cc2F)C1.I. The minimum absolute atomic E-state index is 0. The molecule has 0 spiro atoms. The number of pyridine rings is 1. The molecule has 0 bridgehead atoms. The van der Waals surface area contributed by atoms with Crippen molar-refractivity contribution in [3.8, 4) is 5.82 Å². The Hall–Kier alpha value is -2.76. The molecular weight excluding hydrogens is 527 g/mol.